The standard InChI is InChI=1S/C13H10Cl2N2O4/c1-2-21-13(18)12-11(10(6-16-12)17(19)20)7-3-4-8(14)9(15)5-7/h3-6,16H,2H2,1H3. The van der Waals surface area contributed by atoms with E-state index in [2.05, 4.69) is 4.98 Å². The molecule has 6 nitrogen and oxygen atoms in total. The van der Waals surface area contributed by atoms with E-state index in [9.17, 15) is 14.9 Å². The molecule has 0 aliphatic rings. The zero-order valence-corrected chi connectivity index (χ0v) is 12.4. The summed E-state index contributed by atoms with van der Waals surface area (Å²) in [6, 6.07) is 4.51. The fraction of sp³-hybridized carbons (Fsp3) is 0.154. The number of ether oxygens (including phenoxy) is 1. The summed E-state index contributed by atoms with van der Waals surface area (Å²) in [5, 5.41) is 11.7. The quantitative estimate of drug-likeness (QED) is 0.520. The van der Waals surface area contributed by atoms with Crippen LogP contribution in [0.2, 0.25) is 10.0 Å². The van der Waals surface area contributed by atoms with Crippen LogP contribution in [0.4, 0.5) is 5.69 Å². The zero-order chi connectivity index (χ0) is 15.6. The van der Waals surface area contributed by atoms with Gasteiger partial charge in [0.15, 0.2) is 0 Å². The Hall–Kier alpha value is -2.05. The van der Waals surface area contributed by atoms with Crippen molar-refractivity contribution >= 4 is 34.9 Å². The molecule has 0 radical (unpaired) electrons. The summed E-state index contributed by atoms with van der Waals surface area (Å²) in [6.45, 7) is 1.81. The average molecular weight is 329 g/mol. The van der Waals surface area contributed by atoms with E-state index in [1.54, 1.807) is 13.0 Å². The molecular weight excluding hydrogens is 319 g/mol. The van der Waals surface area contributed by atoms with Gasteiger partial charge in [-0.2, -0.15) is 0 Å². The van der Waals surface area contributed by atoms with E-state index in [-0.39, 0.29) is 28.6 Å². The molecule has 0 saturated carbocycles. The molecule has 110 valence electrons. The molecular formula is C13H10Cl2N2O4. The van der Waals surface area contributed by atoms with E-state index in [1.165, 1.54) is 12.1 Å². The van der Waals surface area contributed by atoms with Crippen LogP contribution in [0.3, 0.4) is 0 Å². The van der Waals surface area contributed by atoms with Crippen molar-refractivity contribution in [1.29, 1.82) is 0 Å². The van der Waals surface area contributed by atoms with Gasteiger partial charge in [-0.05, 0) is 24.6 Å². The topological polar surface area (TPSA) is 85.2 Å². The van der Waals surface area contributed by atoms with Crippen LogP contribution in [0, 0.1) is 10.1 Å². The first-order valence-corrected chi connectivity index (χ1v) is 6.69. The summed E-state index contributed by atoms with van der Waals surface area (Å²) in [4.78, 5) is 25.0. The number of halogens is 2. The van der Waals surface area contributed by atoms with Crippen LogP contribution < -0.4 is 0 Å². The molecule has 2 aromatic rings. The third kappa shape index (κ3) is 3.01. The fourth-order valence-corrected chi connectivity index (χ4v) is 2.16. The highest BCUT2D eigenvalue weighted by atomic mass is 35.5. The number of benzene rings is 1. The number of carbonyl (C=O) groups excluding carboxylic acids is 1. The molecule has 0 saturated heterocycles. The van der Waals surface area contributed by atoms with Gasteiger partial charge in [0.2, 0.25) is 0 Å². The third-order valence-electron chi connectivity index (χ3n) is 2.74. The molecule has 0 atom stereocenters. The molecule has 1 aromatic heterocycles. The second-order valence-corrected chi connectivity index (χ2v) is 4.84. The lowest BCUT2D eigenvalue weighted by Gasteiger charge is -2.05. The zero-order valence-electron chi connectivity index (χ0n) is 10.9. The number of carbonyl (C=O) groups is 1. The molecule has 0 amide bonds. The molecule has 2 rings (SSSR count). The van der Waals surface area contributed by atoms with Crippen molar-refractivity contribution < 1.29 is 14.5 Å². The van der Waals surface area contributed by atoms with Gasteiger partial charge in [-0.15, -0.1) is 0 Å². The van der Waals surface area contributed by atoms with E-state index in [0.29, 0.717) is 10.6 Å². The lowest BCUT2D eigenvalue weighted by molar-refractivity contribution is -0.384. The molecule has 0 aliphatic carbocycles. The van der Waals surface area contributed by atoms with Gasteiger partial charge in [0.25, 0.3) is 5.69 Å². The van der Waals surface area contributed by atoms with E-state index in [0.717, 1.165) is 6.20 Å². The number of rotatable bonds is 4. The maximum absolute atomic E-state index is 11.9. The first kappa shape index (κ1) is 15.3. The van der Waals surface area contributed by atoms with Gasteiger partial charge in [0.1, 0.15) is 5.69 Å². The van der Waals surface area contributed by atoms with Crippen LogP contribution in [-0.4, -0.2) is 22.5 Å². The van der Waals surface area contributed by atoms with E-state index in [4.69, 9.17) is 27.9 Å². The predicted octanol–water partition coefficient (Wildman–Crippen LogP) is 4.07. The number of esters is 1. The van der Waals surface area contributed by atoms with Crippen LogP contribution in [0.5, 0.6) is 0 Å². The summed E-state index contributed by atoms with van der Waals surface area (Å²) in [5.41, 5.74) is 0.288. The van der Waals surface area contributed by atoms with Gasteiger partial charge in [-0.3, -0.25) is 10.1 Å². The van der Waals surface area contributed by atoms with E-state index in [1.807, 2.05) is 0 Å². The molecule has 1 heterocycles. The van der Waals surface area contributed by atoms with Gasteiger partial charge >= 0.3 is 5.97 Å². The number of hydrogen-bond donors (Lipinski definition) is 1. The Morgan fingerprint density at radius 3 is 2.67 bits per heavy atom. The summed E-state index contributed by atoms with van der Waals surface area (Å²) in [7, 11) is 0. The fourth-order valence-electron chi connectivity index (χ4n) is 1.87. The molecule has 0 fully saturated rings. The highest BCUT2D eigenvalue weighted by molar-refractivity contribution is 6.42. The van der Waals surface area contributed by atoms with Crippen molar-refractivity contribution in [3.8, 4) is 11.1 Å². The predicted molar refractivity (Wildman–Crippen MR) is 78.9 cm³/mol. The number of nitrogens with zero attached hydrogens (tertiary/aromatic N) is 1. The Balaban J connectivity index is 2.63. The van der Waals surface area contributed by atoms with Crippen LogP contribution in [0.15, 0.2) is 24.4 Å². The lowest BCUT2D eigenvalue weighted by atomic mass is 10.0. The van der Waals surface area contributed by atoms with Crippen molar-refractivity contribution in [2.24, 2.45) is 0 Å². The first-order valence-electron chi connectivity index (χ1n) is 5.94. The second-order valence-electron chi connectivity index (χ2n) is 4.03. The van der Waals surface area contributed by atoms with Gasteiger partial charge in [0, 0.05) is 0 Å². The minimum atomic E-state index is -0.674. The Morgan fingerprint density at radius 2 is 2.10 bits per heavy atom. The molecule has 0 aliphatic heterocycles. The molecule has 1 aromatic carbocycles. The van der Waals surface area contributed by atoms with Gasteiger partial charge in [-0.1, -0.05) is 29.3 Å². The maximum Gasteiger partial charge on any atom is 0.355 e. The van der Waals surface area contributed by atoms with Crippen molar-refractivity contribution in [3.05, 3.63) is 50.2 Å². The molecule has 0 bridgehead atoms. The number of H-pyrrole nitrogens is 1. The van der Waals surface area contributed by atoms with Gasteiger partial charge in [-0.25, -0.2) is 4.79 Å². The largest absolute Gasteiger partial charge is 0.461 e. The Bertz CT molecular complexity index is 712. The SMILES string of the molecule is CCOC(=O)c1[nH]cc([N+](=O)[O-])c1-c1ccc(Cl)c(Cl)c1. The van der Waals surface area contributed by atoms with Gasteiger partial charge in [0.05, 0.1) is 33.3 Å². The number of hydrogen-bond acceptors (Lipinski definition) is 4. The summed E-state index contributed by atoms with van der Waals surface area (Å²) in [6.07, 6.45) is 1.14. The Morgan fingerprint density at radius 1 is 1.38 bits per heavy atom. The van der Waals surface area contributed by atoms with Gasteiger partial charge < -0.3 is 9.72 Å². The minimum absolute atomic E-state index is 0.00180. The van der Waals surface area contributed by atoms with E-state index >= 15 is 0 Å². The van der Waals surface area contributed by atoms with Crippen molar-refractivity contribution in [3.63, 3.8) is 0 Å². The minimum Gasteiger partial charge on any atom is -0.461 e. The number of aromatic nitrogens is 1. The molecule has 0 unspecified atom stereocenters. The third-order valence-corrected chi connectivity index (χ3v) is 3.48. The van der Waals surface area contributed by atoms with Crippen LogP contribution in [0.1, 0.15) is 17.4 Å². The Kier molecular flexibility index (Phi) is 4.50. The average Bonchev–Trinajstić information content (AvgIpc) is 2.87. The maximum atomic E-state index is 11.9. The highest BCUT2D eigenvalue weighted by Gasteiger charge is 2.27. The highest BCUT2D eigenvalue weighted by Crippen LogP contribution is 2.36. The second kappa shape index (κ2) is 6.15. The van der Waals surface area contributed by atoms with Crippen LogP contribution in [0.25, 0.3) is 11.1 Å². The van der Waals surface area contributed by atoms with Crippen molar-refractivity contribution in [1.82, 2.24) is 4.98 Å². The van der Waals surface area contributed by atoms with Crippen molar-refractivity contribution in [2.45, 2.75) is 6.92 Å². The summed E-state index contributed by atoms with van der Waals surface area (Å²) in [5.74, 6) is -0.674. The Labute approximate surface area is 129 Å². The van der Waals surface area contributed by atoms with Crippen LogP contribution >= 0.6 is 23.2 Å². The number of nitrogens with one attached hydrogen (secondary N) is 1. The molecule has 1 N–H and O–H groups in total. The number of aromatic amines is 1. The first-order chi connectivity index (χ1) is 9.95. The smallest absolute Gasteiger partial charge is 0.355 e. The summed E-state index contributed by atoms with van der Waals surface area (Å²) < 4.78 is 4.89. The molecule has 0 spiro atoms. The van der Waals surface area contributed by atoms with Crippen LogP contribution in [-0.2, 0) is 4.74 Å². The molecule has 8 heteroatoms. The molecule has 21 heavy (non-hydrogen) atoms. The number of nitro groups is 1. The lowest BCUT2D eigenvalue weighted by Crippen LogP contribution is -2.06. The summed E-state index contributed by atoms with van der Waals surface area (Å²) >= 11 is 11.8. The monoisotopic (exact) mass is 328 g/mol. The van der Waals surface area contributed by atoms with Crippen molar-refractivity contribution in [2.75, 3.05) is 6.61 Å². The normalized spacial score (nSPS) is 10.4. The van der Waals surface area contributed by atoms with E-state index < -0.39 is 10.9 Å².